The Morgan fingerprint density at radius 2 is 2.19 bits per heavy atom. The van der Waals surface area contributed by atoms with Gasteiger partial charge in [-0.25, -0.2) is 0 Å². The number of ether oxygens (including phenoxy) is 1. The molecule has 3 unspecified atom stereocenters. The van der Waals surface area contributed by atoms with Gasteiger partial charge in [0.2, 0.25) is 0 Å². The first-order chi connectivity index (χ1) is 7.58. The Balaban J connectivity index is 2.87. The summed E-state index contributed by atoms with van der Waals surface area (Å²) in [7, 11) is 1.49. The molecule has 16 heavy (non-hydrogen) atoms. The zero-order valence-electron chi connectivity index (χ0n) is 11.0. The zero-order chi connectivity index (χ0) is 12.2. The van der Waals surface area contributed by atoms with Crippen molar-refractivity contribution in [3.8, 4) is 0 Å². The molecule has 3 atom stereocenters. The van der Waals surface area contributed by atoms with E-state index in [4.69, 9.17) is 4.74 Å². The Morgan fingerprint density at radius 1 is 1.50 bits per heavy atom. The van der Waals surface area contributed by atoms with Gasteiger partial charge in [-0.15, -0.1) is 0 Å². The second kappa shape index (κ2) is 5.67. The van der Waals surface area contributed by atoms with Gasteiger partial charge in [0.25, 0.3) is 0 Å². The third kappa shape index (κ3) is 2.40. The van der Waals surface area contributed by atoms with E-state index in [0.29, 0.717) is 11.8 Å². The second-order valence-electron chi connectivity index (χ2n) is 5.05. The van der Waals surface area contributed by atoms with Crippen molar-refractivity contribution < 1.29 is 9.53 Å². The van der Waals surface area contributed by atoms with Crippen molar-refractivity contribution in [2.75, 3.05) is 13.7 Å². The molecule has 0 spiro atoms. The maximum atomic E-state index is 12.1. The number of hydrogen-bond donors (Lipinski definition) is 1. The van der Waals surface area contributed by atoms with Crippen molar-refractivity contribution in [1.29, 1.82) is 0 Å². The molecule has 3 heteroatoms. The number of nitrogens with one attached hydrogen (secondary N) is 1. The lowest BCUT2D eigenvalue weighted by molar-refractivity contribution is -0.154. The fraction of sp³-hybridized carbons (Fsp3) is 0.923. The van der Waals surface area contributed by atoms with E-state index in [1.165, 1.54) is 13.5 Å². The quantitative estimate of drug-likeness (QED) is 0.749. The Labute approximate surface area is 98.9 Å². The molecule has 1 saturated carbocycles. The van der Waals surface area contributed by atoms with E-state index >= 15 is 0 Å². The smallest absolute Gasteiger partial charge is 0.326 e. The monoisotopic (exact) mass is 227 g/mol. The molecule has 0 aliphatic heterocycles. The van der Waals surface area contributed by atoms with E-state index in [0.717, 1.165) is 25.8 Å². The van der Waals surface area contributed by atoms with E-state index in [1.54, 1.807) is 0 Å². The highest BCUT2D eigenvalue weighted by Gasteiger charge is 2.47. The summed E-state index contributed by atoms with van der Waals surface area (Å²) in [5.41, 5.74) is -0.442. The number of esters is 1. The van der Waals surface area contributed by atoms with E-state index in [2.05, 4.69) is 26.1 Å². The second-order valence-corrected chi connectivity index (χ2v) is 5.05. The first kappa shape index (κ1) is 13.5. The highest BCUT2D eigenvalue weighted by atomic mass is 16.5. The molecule has 0 amide bonds. The normalized spacial score (nSPS) is 34.8. The molecule has 1 fully saturated rings. The van der Waals surface area contributed by atoms with Crippen molar-refractivity contribution in [3.05, 3.63) is 0 Å². The van der Waals surface area contributed by atoms with Crippen LogP contribution in [0.5, 0.6) is 0 Å². The number of carbonyl (C=O) groups excluding carboxylic acids is 1. The van der Waals surface area contributed by atoms with Gasteiger partial charge in [-0.05, 0) is 31.2 Å². The fourth-order valence-electron chi connectivity index (χ4n) is 2.81. The number of rotatable bonds is 4. The molecule has 0 heterocycles. The molecule has 94 valence electrons. The molecule has 0 aromatic rings. The van der Waals surface area contributed by atoms with Gasteiger partial charge < -0.3 is 10.1 Å². The van der Waals surface area contributed by atoms with Gasteiger partial charge in [0.05, 0.1) is 7.11 Å². The van der Waals surface area contributed by atoms with E-state index < -0.39 is 5.54 Å². The lowest BCUT2D eigenvalue weighted by atomic mass is 9.68. The third-order valence-corrected chi connectivity index (χ3v) is 4.10. The lowest BCUT2D eigenvalue weighted by Gasteiger charge is -2.44. The van der Waals surface area contributed by atoms with Gasteiger partial charge in [-0.2, -0.15) is 0 Å². The van der Waals surface area contributed by atoms with Crippen LogP contribution in [-0.4, -0.2) is 25.2 Å². The van der Waals surface area contributed by atoms with Crippen LogP contribution in [0.2, 0.25) is 0 Å². The summed E-state index contributed by atoms with van der Waals surface area (Å²) >= 11 is 0. The van der Waals surface area contributed by atoms with E-state index in [9.17, 15) is 4.79 Å². The Bertz CT molecular complexity index is 242. The molecule has 1 N–H and O–H groups in total. The molecule has 1 aliphatic rings. The Hall–Kier alpha value is -0.570. The summed E-state index contributed by atoms with van der Waals surface area (Å²) in [5, 5.41) is 3.44. The van der Waals surface area contributed by atoms with E-state index in [1.807, 2.05) is 0 Å². The van der Waals surface area contributed by atoms with Crippen LogP contribution < -0.4 is 5.32 Å². The minimum absolute atomic E-state index is 0.0833. The summed E-state index contributed by atoms with van der Waals surface area (Å²) in [4.78, 5) is 12.1. The van der Waals surface area contributed by atoms with Crippen LogP contribution in [0.15, 0.2) is 0 Å². The average molecular weight is 227 g/mol. The molecule has 0 radical (unpaired) electrons. The van der Waals surface area contributed by atoms with Crippen molar-refractivity contribution >= 4 is 5.97 Å². The first-order valence-electron chi connectivity index (χ1n) is 6.42. The first-order valence-corrected chi connectivity index (χ1v) is 6.42. The number of carbonyl (C=O) groups is 1. The SMILES string of the molecule is CCCNC1(C(=O)OC)CCCC(C)C1C. The molecular weight excluding hydrogens is 202 g/mol. The Morgan fingerprint density at radius 3 is 2.75 bits per heavy atom. The molecule has 3 nitrogen and oxygen atoms in total. The molecule has 0 aromatic carbocycles. The van der Waals surface area contributed by atoms with Gasteiger partial charge in [-0.1, -0.05) is 33.6 Å². The number of methoxy groups -OCH3 is 1. The van der Waals surface area contributed by atoms with Crippen LogP contribution in [0.1, 0.15) is 46.5 Å². The molecular formula is C13H25NO2. The van der Waals surface area contributed by atoms with Gasteiger partial charge in [0.1, 0.15) is 5.54 Å². The van der Waals surface area contributed by atoms with Crippen LogP contribution >= 0.6 is 0 Å². The largest absolute Gasteiger partial charge is 0.468 e. The predicted octanol–water partition coefficient (Wildman–Crippen LogP) is 2.35. The minimum Gasteiger partial charge on any atom is -0.468 e. The average Bonchev–Trinajstić information content (AvgIpc) is 2.30. The maximum Gasteiger partial charge on any atom is 0.326 e. The van der Waals surface area contributed by atoms with Gasteiger partial charge in [-0.3, -0.25) is 4.79 Å². The lowest BCUT2D eigenvalue weighted by Crippen LogP contribution is -2.60. The highest BCUT2D eigenvalue weighted by Crippen LogP contribution is 2.38. The summed E-state index contributed by atoms with van der Waals surface area (Å²) < 4.78 is 5.01. The molecule has 1 aliphatic carbocycles. The predicted molar refractivity (Wildman–Crippen MR) is 65.2 cm³/mol. The topological polar surface area (TPSA) is 38.3 Å². The summed E-state index contributed by atoms with van der Waals surface area (Å²) in [5.74, 6) is 0.845. The maximum absolute atomic E-state index is 12.1. The Kier molecular flexibility index (Phi) is 4.78. The summed E-state index contributed by atoms with van der Waals surface area (Å²) in [6.45, 7) is 7.40. The molecule has 0 aromatic heterocycles. The summed E-state index contributed by atoms with van der Waals surface area (Å²) in [6, 6.07) is 0. The number of hydrogen-bond acceptors (Lipinski definition) is 3. The molecule has 0 saturated heterocycles. The minimum atomic E-state index is -0.442. The fourth-order valence-corrected chi connectivity index (χ4v) is 2.81. The highest BCUT2D eigenvalue weighted by molar-refractivity contribution is 5.81. The van der Waals surface area contributed by atoms with Crippen LogP contribution in [0.3, 0.4) is 0 Å². The third-order valence-electron chi connectivity index (χ3n) is 4.10. The van der Waals surface area contributed by atoms with E-state index in [-0.39, 0.29) is 5.97 Å². The van der Waals surface area contributed by atoms with Crippen LogP contribution in [0.4, 0.5) is 0 Å². The van der Waals surface area contributed by atoms with Crippen molar-refractivity contribution in [3.63, 3.8) is 0 Å². The summed E-state index contributed by atoms with van der Waals surface area (Å²) in [6.07, 6.45) is 4.27. The molecule has 1 rings (SSSR count). The van der Waals surface area contributed by atoms with Crippen molar-refractivity contribution in [1.82, 2.24) is 5.32 Å². The molecule has 0 bridgehead atoms. The standard InChI is InChI=1S/C13H25NO2/c1-5-9-14-13(12(15)16-4)8-6-7-10(2)11(13)3/h10-11,14H,5-9H2,1-4H3. The van der Waals surface area contributed by atoms with Crippen molar-refractivity contribution in [2.24, 2.45) is 11.8 Å². The van der Waals surface area contributed by atoms with Gasteiger partial charge in [0.15, 0.2) is 0 Å². The van der Waals surface area contributed by atoms with Crippen LogP contribution in [-0.2, 0) is 9.53 Å². The zero-order valence-corrected chi connectivity index (χ0v) is 11.0. The van der Waals surface area contributed by atoms with Crippen LogP contribution in [0.25, 0.3) is 0 Å². The van der Waals surface area contributed by atoms with Crippen LogP contribution in [0, 0.1) is 11.8 Å². The van der Waals surface area contributed by atoms with Crippen molar-refractivity contribution in [2.45, 2.75) is 52.0 Å². The van der Waals surface area contributed by atoms with Gasteiger partial charge in [0, 0.05) is 0 Å². The van der Waals surface area contributed by atoms with Gasteiger partial charge >= 0.3 is 5.97 Å².